The van der Waals surface area contributed by atoms with Crippen LogP contribution in [0.4, 0.5) is 11.6 Å². The molecule has 2 rings (SSSR count). The molecule has 0 aliphatic rings. The standard InChI is InChI=1S/C15H19N5O4S/c1-5-23-13(21)9-7-16-15(25-4)19-11(9)18-12-10(8-17-20(12)3)14(22)24-6-2/h7-8H,5-6H2,1-4H3,(H,16,18,19). The molecule has 1 N–H and O–H groups in total. The maximum absolute atomic E-state index is 12.1. The zero-order chi connectivity index (χ0) is 18.4. The number of rotatable bonds is 7. The van der Waals surface area contributed by atoms with E-state index in [2.05, 4.69) is 20.4 Å². The molecule has 10 heteroatoms. The molecule has 0 radical (unpaired) electrons. The number of hydrogen-bond donors (Lipinski definition) is 1. The number of aryl methyl sites for hydroxylation is 1. The van der Waals surface area contributed by atoms with Crippen LogP contribution in [-0.4, -0.2) is 51.2 Å². The number of carbonyl (C=O) groups is 2. The molecule has 0 aliphatic carbocycles. The average molecular weight is 365 g/mol. The highest BCUT2D eigenvalue weighted by atomic mass is 32.2. The van der Waals surface area contributed by atoms with Crippen molar-refractivity contribution in [2.45, 2.75) is 19.0 Å². The van der Waals surface area contributed by atoms with Gasteiger partial charge in [-0.2, -0.15) is 5.10 Å². The molecule has 0 bridgehead atoms. The Kier molecular flexibility index (Phi) is 6.34. The van der Waals surface area contributed by atoms with Crippen LogP contribution in [0, 0.1) is 0 Å². The lowest BCUT2D eigenvalue weighted by molar-refractivity contribution is 0.0518. The van der Waals surface area contributed by atoms with Gasteiger partial charge in [0, 0.05) is 13.2 Å². The minimum Gasteiger partial charge on any atom is -0.462 e. The normalized spacial score (nSPS) is 10.4. The van der Waals surface area contributed by atoms with Crippen LogP contribution in [0.15, 0.2) is 17.6 Å². The Bertz CT molecular complexity index is 777. The Labute approximate surface area is 149 Å². The topological polar surface area (TPSA) is 108 Å². The minimum absolute atomic E-state index is 0.163. The van der Waals surface area contributed by atoms with Crippen molar-refractivity contribution in [2.24, 2.45) is 7.05 Å². The third-order valence-corrected chi connectivity index (χ3v) is 3.68. The molecular weight excluding hydrogens is 346 g/mol. The molecule has 0 saturated carbocycles. The number of carbonyl (C=O) groups excluding carboxylic acids is 2. The second kappa shape index (κ2) is 8.47. The van der Waals surface area contributed by atoms with E-state index in [0.29, 0.717) is 11.0 Å². The van der Waals surface area contributed by atoms with Crippen LogP contribution in [0.3, 0.4) is 0 Å². The summed E-state index contributed by atoms with van der Waals surface area (Å²) in [6.07, 6.45) is 4.60. The van der Waals surface area contributed by atoms with Gasteiger partial charge in [0.25, 0.3) is 0 Å². The van der Waals surface area contributed by atoms with Gasteiger partial charge in [0.15, 0.2) is 11.0 Å². The molecule has 134 valence electrons. The van der Waals surface area contributed by atoms with Crippen molar-refractivity contribution in [3.05, 3.63) is 23.5 Å². The van der Waals surface area contributed by atoms with Gasteiger partial charge in [-0.05, 0) is 20.1 Å². The zero-order valence-corrected chi connectivity index (χ0v) is 15.2. The van der Waals surface area contributed by atoms with E-state index < -0.39 is 11.9 Å². The fraction of sp³-hybridized carbons (Fsp3) is 0.400. The quantitative estimate of drug-likeness (QED) is 0.448. The lowest BCUT2D eigenvalue weighted by atomic mass is 10.3. The van der Waals surface area contributed by atoms with Gasteiger partial charge < -0.3 is 14.8 Å². The second-order valence-electron chi connectivity index (χ2n) is 4.72. The van der Waals surface area contributed by atoms with E-state index >= 15 is 0 Å². The summed E-state index contributed by atoms with van der Waals surface area (Å²) in [4.78, 5) is 32.6. The van der Waals surface area contributed by atoms with E-state index in [1.807, 2.05) is 6.26 Å². The number of nitrogens with zero attached hydrogens (tertiary/aromatic N) is 4. The molecule has 2 aromatic rings. The lowest BCUT2D eigenvalue weighted by Crippen LogP contribution is -2.14. The van der Waals surface area contributed by atoms with Gasteiger partial charge in [-0.3, -0.25) is 4.68 Å². The molecule has 0 unspecified atom stereocenters. The van der Waals surface area contributed by atoms with Crippen LogP contribution < -0.4 is 5.32 Å². The van der Waals surface area contributed by atoms with Gasteiger partial charge in [0.05, 0.1) is 19.4 Å². The largest absolute Gasteiger partial charge is 0.462 e. The van der Waals surface area contributed by atoms with E-state index in [4.69, 9.17) is 9.47 Å². The summed E-state index contributed by atoms with van der Waals surface area (Å²) in [5.41, 5.74) is 0.402. The molecule has 25 heavy (non-hydrogen) atoms. The molecule has 0 spiro atoms. The van der Waals surface area contributed by atoms with Crippen molar-refractivity contribution in [1.82, 2.24) is 19.7 Å². The van der Waals surface area contributed by atoms with Gasteiger partial charge in [0.2, 0.25) is 0 Å². The Hall–Kier alpha value is -2.62. The van der Waals surface area contributed by atoms with Crippen molar-refractivity contribution in [3.63, 3.8) is 0 Å². The van der Waals surface area contributed by atoms with E-state index in [0.717, 1.165) is 0 Å². The number of aromatic nitrogens is 4. The highest BCUT2D eigenvalue weighted by Crippen LogP contribution is 2.24. The first-order valence-electron chi connectivity index (χ1n) is 7.56. The molecule has 9 nitrogen and oxygen atoms in total. The summed E-state index contributed by atoms with van der Waals surface area (Å²) in [7, 11) is 1.66. The van der Waals surface area contributed by atoms with Crippen molar-refractivity contribution in [1.29, 1.82) is 0 Å². The van der Waals surface area contributed by atoms with Gasteiger partial charge in [-0.1, -0.05) is 11.8 Å². The van der Waals surface area contributed by atoms with Crippen molar-refractivity contribution in [3.8, 4) is 0 Å². The summed E-state index contributed by atoms with van der Waals surface area (Å²) >= 11 is 1.32. The van der Waals surface area contributed by atoms with Crippen LogP contribution in [0.1, 0.15) is 34.6 Å². The lowest BCUT2D eigenvalue weighted by Gasteiger charge is -2.12. The Morgan fingerprint density at radius 3 is 2.40 bits per heavy atom. The zero-order valence-electron chi connectivity index (χ0n) is 14.4. The summed E-state index contributed by atoms with van der Waals surface area (Å²) in [6.45, 7) is 3.89. The third-order valence-electron chi connectivity index (χ3n) is 3.12. The number of thioether (sulfide) groups is 1. The molecule has 0 aromatic carbocycles. The average Bonchev–Trinajstić information content (AvgIpc) is 2.96. The van der Waals surface area contributed by atoms with Crippen LogP contribution in [0.2, 0.25) is 0 Å². The number of esters is 2. The summed E-state index contributed by atoms with van der Waals surface area (Å²) in [6, 6.07) is 0. The maximum atomic E-state index is 12.1. The SMILES string of the molecule is CCOC(=O)c1cnc(SC)nc1Nc1c(C(=O)OCC)cnn1C. The summed E-state index contributed by atoms with van der Waals surface area (Å²) in [5, 5.41) is 7.50. The molecule has 0 amide bonds. The molecule has 0 atom stereocenters. The number of ether oxygens (including phenoxy) is 2. The fourth-order valence-electron chi connectivity index (χ4n) is 1.97. The summed E-state index contributed by atoms with van der Waals surface area (Å²) in [5.74, 6) is -0.492. The van der Waals surface area contributed by atoms with Gasteiger partial charge in [0.1, 0.15) is 16.9 Å². The van der Waals surface area contributed by atoms with Crippen molar-refractivity contribution in [2.75, 3.05) is 24.8 Å². The molecule has 0 fully saturated rings. The van der Waals surface area contributed by atoms with E-state index in [1.165, 1.54) is 28.8 Å². The van der Waals surface area contributed by atoms with Gasteiger partial charge in [-0.25, -0.2) is 19.6 Å². The number of nitrogens with one attached hydrogen (secondary N) is 1. The summed E-state index contributed by atoms with van der Waals surface area (Å²) < 4.78 is 11.5. The fourth-order valence-corrected chi connectivity index (χ4v) is 2.31. The first kappa shape index (κ1) is 18.7. The van der Waals surface area contributed by atoms with E-state index in [-0.39, 0.29) is 30.2 Å². The highest BCUT2D eigenvalue weighted by Gasteiger charge is 2.22. The smallest absolute Gasteiger partial charge is 0.343 e. The Morgan fingerprint density at radius 2 is 1.80 bits per heavy atom. The van der Waals surface area contributed by atoms with Crippen LogP contribution in [0.25, 0.3) is 0 Å². The molecule has 2 aromatic heterocycles. The first-order valence-corrected chi connectivity index (χ1v) is 8.78. The number of hydrogen-bond acceptors (Lipinski definition) is 9. The monoisotopic (exact) mass is 365 g/mol. The van der Waals surface area contributed by atoms with Crippen molar-refractivity contribution >= 4 is 35.3 Å². The Morgan fingerprint density at radius 1 is 1.16 bits per heavy atom. The van der Waals surface area contributed by atoms with Crippen LogP contribution in [0.5, 0.6) is 0 Å². The first-order chi connectivity index (χ1) is 12.0. The Balaban J connectivity index is 2.44. The molecular formula is C15H19N5O4S. The highest BCUT2D eigenvalue weighted by molar-refractivity contribution is 7.98. The maximum Gasteiger partial charge on any atom is 0.343 e. The molecule has 0 aliphatic heterocycles. The second-order valence-corrected chi connectivity index (χ2v) is 5.49. The predicted octanol–water partition coefficient (Wildman–Crippen LogP) is 2.03. The van der Waals surface area contributed by atoms with Crippen molar-refractivity contribution < 1.29 is 19.1 Å². The molecule has 0 saturated heterocycles. The number of anilines is 2. The molecule has 2 heterocycles. The van der Waals surface area contributed by atoms with E-state index in [9.17, 15) is 9.59 Å². The predicted molar refractivity (Wildman–Crippen MR) is 92.2 cm³/mol. The third kappa shape index (κ3) is 4.27. The van der Waals surface area contributed by atoms with E-state index in [1.54, 1.807) is 20.9 Å². The van der Waals surface area contributed by atoms with Crippen LogP contribution >= 0.6 is 11.8 Å². The minimum atomic E-state index is -0.558. The van der Waals surface area contributed by atoms with Gasteiger partial charge >= 0.3 is 11.9 Å². The van der Waals surface area contributed by atoms with Gasteiger partial charge in [-0.15, -0.1) is 0 Å². The van der Waals surface area contributed by atoms with Crippen LogP contribution in [-0.2, 0) is 16.5 Å².